The summed E-state index contributed by atoms with van der Waals surface area (Å²) >= 11 is 0. The van der Waals surface area contributed by atoms with Crippen molar-refractivity contribution in [2.45, 2.75) is 0 Å². The van der Waals surface area contributed by atoms with E-state index in [1.54, 1.807) is 0 Å². The first-order valence-corrected chi connectivity index (χ1v) is 10.3. The van der Waals surface area contributed by atoms with Crippen molar-refractivity contribution in [2.24, 2.45) is 0 Å². The summed E-state index contributed by atoms with van der Waals surface area (Å²) in [6.07, 6.45) is 0. The Morgan fingerprint density at radius 2 is 1.31 bits per heavy atom. The van der Waals surface area contributed by atoms with Crippen LogP contribution in [-0.4, -0.2) is 69.6 Å². The summed E-state index contributed by atoms with van der Waals surface area (Å²) in [7, 11) is -6.43. The van der Waals surface area contributed by atoms with Gasteiger partial charge in [-0.25, -0.2) is 0 Å². The Bertz CT molecular complexity index is 97.2. The molecule has 13 heteroatoms. The molecule has 0 amide bonds. The number of hydrogen-bond acceptors (Lipinski definition) is 7. The predicted molar refractivity (Wildman–Crippen MR) is 61.1 cm³/mol. The lowest BCUT2D eigenvalue weighted by Gasteiger charge is -2.19. The molecule has 0 aromatic carbocycles. The Kier molecular flexibility index (Phi) is 10.3. The zero-order valence-electron chi connectivity index (χ0n) is 7.50. The van der Waals surface area contributed by atoms with Gasteiger partial charge < -0.3 is 30.2 Å². The van der Waals surface area contributed by atoms with E-state index in [0.717, 1.165) is 0 Å². The highest BCUT2D eigenvalue weighted by molar-refractivity contribution is 6.60. The molecule has 0 bridgehead atoms. The first-order valence-electron chi connectivity index (χ1n) is 3.44. The van der Waals surface area contributed by atoms with Gasteiger partial charge in [0.1, 0.15) is 21.0 Å². The fourth-order valence-corrected chi connectivity index (χ4v) is 10.7. The van der Waals surface area contributed by atoms with Gasteiger partial charge in [-0.1, -0.05) is 0 Å². The standard InChI is InChI=1S/H14O7Si6/c1-10-5-12(3-8)7-13(4-9)6-11-2/h1-2,12-13H,10-11H2,8-9H3. The van der Waals surface area contributed by atoms with Gasteiger partial charge in [-0.3, -0.25) is 0 Å². The highest BCUT2D eigenvalue weighted by atomic mass is 28.5. The summed E-state index contributed by atoms with van der Waals surface area (Å²) < 4.78 is 25.1. The summed E-state index contributed by atoms with van der Waals surface area (Å²) in [4.78, 5) is 17.2. The van der Waals surface area contributed by atoms with Crippen molar-refractivity contribution in [1.82, 2.24) is 0 Å². The molecule has 13 heavy (non-hydrogen) atoms. The maximum atomic E-state index is 8.59. The van der Waals surface area contributed by atoms with E-state index >= 15 is 0 Å². The first-order chi connectivity index (χ1) is 6.28. The smallest absolute Gasteiger partial charge is 0.428 e. The fourth-order valence-electron chi connectivity index (χ4n) is 0.538. The van der Waals surface area contributed by atoms with Crippen molar-refractivity contribution >= 4 is 60.0 Å². The molecule has 0 spiro atoms. The van der Waals surface area contributed by atoms with Gasteiger partial charge in [-0.2, -0.15) is 0 Å². The third-order valence-corrected chi connectivity index (χ3v) is 9.26. The minimum absolute atomic E-state index is 0.493. The average Bonchev–Trinajstić information content (AvgIpc) is 2.16. The monoisotopic (exact) mass is 294 g/mol. The van der Waals surface area contributed by atoms with Gasteiger partial charge in [0, 0.05) is 0 Å². The van der Waals surface area contributed by atoms with E-state index in [9.17, 15) is 0 Å². The zero-order valence-corrected chi connectivity index (χ0v) is 16.6. The van der Waals surface area contributed by atoms with Gasteiger partial charge in [0.25, 0.3) is 20.0 Å². The van der Waals surface area contributed by atoms with E-state index in [-0.39, 0.29) is 0 Å². The number of hydrogen-bond donors (Lipinski definition) is 2. The van der Waals surface area contributed by atoms with Crippen LogP contribution in [0, 0.1) is 0 Å². The van der Waals surface area contributed by atoms with Gasteiger partial charge in [0.2, 0.25) is 0 Å². The second kappa shape index (κ2) is 9.57. The molecule has 0 aliphatic heterocycles. The topological polar surface area (TPSA) is 86.6 Å². The zero-order chi connectivity index (χ0) is 10.1. The Labute approximate surface area is 90.5 Å². The maximum absolute atomic E-state index is 8.59. The quantitative estimate of drug-likeness (QED) is 0.430. The molecule has 7 nitrogen and oxygen atoms in total. The molecule has 0 rings (SSSR count). The minimum atomic E-state index is -2.20. The van der Waals surface area contributed by atoms with Crippen LogP contribution in [0.3, 0.4) is 0 Å². The van der Waals surface area contributed by atoms with Crippen LogP contribution in [0.15, 0.2) is 0 Å². The van der Waals surface area contributed by atoms with Crippen LogP contribution in [0.25, 0.3) is 0 Å². The molecule has 0 aliphatic rings. The van der Waals surface area contributed by atoms with Crippen molar-refractivity contribution < 1.29 is 30.2 Å². The fraction of sp³-hybridized carbons (Fsp3) is 0. The molecule has 2 N–H and O–H groups in total. The van der Waals surface area contributed by atoms with E-state index in [4.69, 9.17) is 30.2 Å². The largest absolute Gasteiger partial charge is 0.456 e. The SMILES string of the molecule is O[SiH2]O[SiH](O[SiH3])O[SiH](O[SiH3])O[SiH2]O. The average molecular weight is 295 g/mol. The Hall–Kier alpha value is 1.02. The van der Waals surface area contributed by atoms with Gasteiger partial charge in [0.15, 0.2) is 0 Å². The van der Waals surface area contributed by atoms with Gasteiger partial charge in [-0.05, 0) is 0 Å². The van der Waals surface area contributed by atoms with Crippen LogP contribution in [0.2, 0.25) is 0 Å². The van der Waals surface area contributed by atoms with Gasteiger partial charge >= 0.3 is 19.1 Å². The molecule has 80 valence electrons. The molecule has 0 radical (unpaired) electrons. The van der Waals surface area contributed by atoms with Crippen LogP contribution in [0.1, 0.15) is 0 Å². The number of rotatable bonds is 8. The van der Waals surface area contributed by atoms with Crippen LogP contribution >= 0.6 is 0 Å². The molecule has 0 aromatic rings. The Morgan fingerprint density at radius 3 is 1.54 bits per heavy atom. The predicted octanol–water partition coefficient (Wildman–Crippen LogP) is -6.95. The molecule has 0 aromatic heterocycles. The minimum Gasteiger partial charge on any atom is -0.428 e. The molecule has 2 atom stereocenters. The van der Waals surface area contributed by atoms with Crippen molar-refractivity contribution in [3.8, 4) is 0 Å². The second-order valence-corrected chi connectivity index (χ2v) is 11.0. The molecule has 0 heterocycles. The van der Waals surface area contributed by atoms with Crippen molar-refractivity contribution in [3.63, 3.8) is 0 Å². The summed E-state index contributed by atoms with van der Waals surface area (Å²) in [6, 6.07) is 0. The lowest BCUT2D eigenvalue weighted by Crippen LogP contribution is -2.39. The van der Waals surface area contributed by atoms with Crippen LogP contribution in [-0.2, 0) is 20.6 Å². The van der Waals surface area contributed by atoms with Crippen LogP contribution in [0.4, 0.5) is 0 Å². The third-order valence-electron chi connectivity index (χ3n) is 1.03. The highest BCUT2D eigenvalue weighted by Gasteiger charge is 2.21. The summed E-state index contributed by atoms with van der Waals surface area (Å²) in [5.74, 6) is 0. The third kappa shape index (κ3) is 7.01. The normalized spacial score (nSPS) is 18.0. The van der Waals surface area contributed by atoms with E-state index in [1.165, 1.54) is 0 Å². The summed E-state index contributed by atoms with van der Waals surface area (Å²) in [5, 5.41) is 0. The second-order valence-electron chi connectivity index (χ2n) is 1.78. The van der Waals surface area contributed by atoms with Crippen molar-refractivity contribution in [2.75, 3.05) is 0 Å². The van der Waals surface area contributed by atoms with E-state index < -0.39 is 39.1 Å². The molecular weight excluding hydrogens is 281 g/mol. The first kappa shape index (κ1) is 14.0. The lowest BCUT2D eigenvalue weighted by atomic mass is 15.6. The van der Waals surface area contributed by atoms with E-state index in [1.807, 2.05) is 0 Å². The van der Waals surface area contributed by atoms with Crippen molar-refractivity contribution in [3.05, 3.63) is 0 Å². The molecule has 0 saturated carbocycles. The summed E-state index contributed by atoms with van der Waals surface area (Å²) in [5.41, 5.74) is 0. The molecule has 2 unspecified atom stereocenters. The highest BCUT2D eigenvalue weighted by Crippen LogP contribution is 1.94. The Morgan fingerprint density at radius 1 is 0.923 bits per heavy atom. The molecule has 0 aliphatic carbocycles. The molecular formula is H14O7Si6. The van der Waals surface area contributed by atoms with E-state index in [2.05, 4.69) is 0 Å². The van der Waals surface area contributed by atoms with Crippen molar-refractivity contribution in [1.29, 1.82) is 0 Å². The lowest BCUT2D eigenvalue weighted by molar-refractivity contribution is 0.235. The van der Waals surface area contributed by atoms with Gasteiger partial charge in [-0.15, -0.1) is 0 Å². The summed E-state index contributed by atoms with van der Waals surface area (Å²) in [6.45, 7) is 0. The van der Waals surface area contributed by atoms with Crippen LogP contribution in [0.5, 0.6) is 0 Å². The molecule has 0 fully saturated rings. The Balaban J connectivity index is 3.73. The van der Waals surface area contributed by atoms with Gasteiger partial charge in [0.05, 0.1) is 0 Å². The molecule has 0 saturated heterocycles. The van der Waals surface area contributed by atoms with Crippen LogP contribution < -0.4 is 0 Å². The van der Waals surface area contributed by atoms with E-state index in [0.29, 0.717) is 21.0 Å². The maximum Gasteiger partial charge on any atom is 0.456 e.